The van der Waals surface area contributed by atoms with Crippen molar-refractivity contribution in [2.24, 2.45) is 5.92 Å². The molecule has 0 spiro atoms. The van der Waals surface area contributed by atoms with Gasteiger partial charge < -0.3 is 14.7 Å². The lowest BCUT2D eigenvalue weighted by Crippen LogP contribution is -2.33. The molecule has 0 saturated carbocycles. The number of hydrogen-bond donors (Lipinski definition) is 1. The van der Waals surface area contributed by atoms with Crippen molar-refractivity contribution in [1.29, 1.82) is 0 Å². The molecule has 0 amide bonds. The van der Waals surface area contributed by atoms with E-state index in [0.717, 1.165) is 18.7 Å². The van der Waals surface area contributed by atoms with Gasteiger partial charge in [-0.1, -0.05) is 0 Å². The third-order valence-corrected chi connectivity index (χ3v) is 3.64. The van der Waals surface area contributed by atoms with Gasteiger partial charge in [0.25, 0.3) is 5.56 Å². The highest BCUT2D eigenvalue weighted by Crippen LogP contribution is 2.17. The van der Waals surface area contributed by atoms with Crippen LogP contribution in [0.5, 0.6) is 0 Å². The molecule has 0 radical (unpaired) electrons. The summed E-state index contributed by atoms with van der Waals surface area (Å²) in [5.74, 6) is 0.103. The molecule has 1 aromatic heterocycles. The van der Waals surface area contributed by atoms with Crippen LogP contribution in [-0.2, 0) is 11.3 Å². The van der Waals surface area contributed by atoms with Gasteiger partial charge in [0.15, 0.2) is 0 Å². The van der Waals surface area contributed by atoms with Gasteiger partial charge in [-0.25, -0.2) is 4.68 Å². The third-order valence-electron chi connectivity index (χ3n) is 3.64. The molecule has 1 fully saturated rings. The van der Waals surface area contributed by atoms with Crippen LogP contribution in [0.2, 0.25) is 0 Å². The van der Waals surface area contributed by atoms with Crippen molar-refractivity contribution in [2.75, 3.05) is 31.7 Å². The van der Waals surface area contributed by atoms with E-state index >= 15 is 0 Å². The Kier molecular flexibility index (Phi) is 4.55. The van der Waals surface area contributed by atoms with E-state index < -0.39 is 6.10 Å². The van der Waals surface area contributed by atoms with E-state index in [0.29, 0.717) is 13.2 Å². The van der Waals surface area contributed by atoms with Gasteiger partial charge in [0, 0.05) is 32.2 Å². The zero-order chi connectivity index (χ0) is 13.8. The van der Waals surface area contributed by atoms with Crippen molar-refractivity contribution < 1.29 is 9.84 Å². The van der Waals surface area contributed by atoms with Gasteiger partial charge in [0.2, 0.25) is 0 Å². The number of nitrogens with zero attached hydrogens (tertiary/aromatic N) is 3. The second kappa shape index (κ2) is 6.16. The quantitative estimate of drug-likeness (QED) is 0.819. The van der Waals surface area contributed by atoms with Gasteiger partial charge in [0.1, 0.15) is 0 Å². The highest BCUT2D eigenvalue weighted by Gasteiger charge is 2.24. The van der Waals surface area contributed by atoms with Gasteiger partial charge in [-0.2, -0.15) is 5.10 Å². The molecule has 2 rings (SSSR count). The molecule has 6 nitrogen and oxygen atoms in total. The van der Waals surface area contributed by atoms with E-state index in [2.05, 4.69) is 5.10 Å². The second-order valence-corrected chi connectivity index (χ2v) is 4.94. The molecule has 1 N–H and O–H groups in total. The SMILES string of the molecule is CCN(C)c1cnn(CC(O)C2CCOC2)c(=O)c1. The zero-order valence-corrected chi connectivity index (χ0v) is 11.5. The Morgan fingerprint density at radius 3 is 3.05 bits per heavy atom. The monoisotopic (exact) mass is 267 g/mol. The summed E-state index contributed by atoms with van der Waals surface area (Å²) >= 11 is 0. The molecule has 1 aromatic rings. The van der Waals surface area contributed by atoms with Gasteiger partial charge >= 0.3 is 0 Å². The number of hydrogen-bond acceptors (Lipinski definition) is 5. The maximum atomic E-state index is 11.9. The first-order valence-electron chi connectivity index (χ1n) is 6.66. The van der Waals surface area contributed by atoms with Crippen LogP contribution in [0.25, 0.3) is 0 Å². The molecular formula is C13H21N3O3. The average molecular weight is 267 g/mol. The minimum atomic E-state index is -0.581. The molecule has 0 aliphatic carbocycles. The van der Waals surface area contributed by atoms with Crippen molar-refractivity contribution in [3.05, 3.63) is 22.6 Å². The molecule has 2 unspecified atom stereocenters. The summed E-state index contributed by atoms with van der Waals surface area (Å²) in [6, 6.07) is 1.55. The Morgan fingerprint density at radius 1 is 1.68 bits per heavy atom. The fourth-order valence-corrected chi connectivity index (χ4v) is 2.13. The van der Waals surface area contributed by atoms with Crippen LogP contribution < -0.4 is 10.5 Å². The highest BCUT2D eigenvalue weighted by molar-refractivity contribution is 5.41. The van der Waals surface area contributed by atoms with Crippen LogP contribution in [-0.4, -0.2) is 47.8 Å². The van der Waals surface area contributed by atoms with Crippen LogP contribution in [0.3, 0.4) is 0 Å². The summed E-state index contributed by atoms with van der Waals surface area (Å²) in [6.07, 6.45) is 1.91. The molecule has 19 heavy (non-hydrogen) atoms. The lowest BCUT2D eigenvalue weighted by atomic mass is 10.0. The molecule has 1 saturated heterocycles. The number of rotatable bonds is 5. The lowest BCUT2D eigenvalue weighted by molar-refractivity contribution is 0.0735. The van der Waals surface area contributed by atoms with Gasteiger partial charge in [-0.05, 0) is 13.3 Å². The van der Waals surface area contributed by atoms with Crippen molar-refractivity contribution in [3.63, 3.8) is 0 Å². The topological polar surface area (TPSA) is 67.6 Å². The fourth-order valence-electron chi connectivity index (χ4n) is 2.13. The molecular weight excluding hydrogens is 246 g/mol. The summed E-state index contributed by atoms with van der Waals surface area (Å²) in [6.45, 7) is 4.29. The molecule has 1 aliphatic rings. The predicted octanol–water partition coefficient (Wildman–Crippen LogP) is 0.0968. The van der Waals surface area contributed by atoms with Crippen LogP contribution in [0, 0.1) is 5.92 Å². The largest absolute Gasteiger partial charge is 0.391 e. The summed E-state index contributed by atoms with van der Waals surface area (Å²) in [7, 11) is 1.91. The van der Waals surface area contributed by atoms with Crippen LogP contribution in [0.15, 0.2) is 17.1 Å². The Hall–Kier alpha value is -1.40. The van der Waals surface area contributed by atoms with E-state index in [1.54, 1.807) is 12.3 Å². The first-order valence-corrected chi connectivity index (χ1v) is 6.66. The predicted molar refractivity (Wildman–Crippen MR) is 72.4 cm³/mol. The van der Waals surface area contributed by atoms with E-state index in [1.807, 2.05) is 18.9 Å². The van der Waals surface area contributed by atoms with Gasteiger partial charge in [-0.15, -0.1) is 0 Å². The molecule has 2 heterocycles. The van der Waals surface area contributed by atoms with E-state index in [-0.39, 0.29) is 18.0 Å². The van der Waals surface area contributed by atoms with Crippen molar-refractivity contribution >= 4 is 5.69 Å². The summed E-state index contributed by atoms with van der Waals surface area (Å²) in [4.78, 5) is 13.9. The molecule has 0 bridgehead atoms. The maximum Gasteiger partial charge on any atom is 0.268 e. The number of aliphatic hydroxyl groups excluding tert-OH is 1. The normalized spacial score (nSPS) is 20.5. The summed E-state index contributed by atoms with van der Waals surface area (Å²) in [5.41, 5.74) is 0.609. The summed E-state index contributed by atoms with van der Waals surface area (Å²) < 4.78 is 6.55. The van der Waals surface area contributed by atoms with E-state index in [4.69, 9.17) is 4.74 Å². The molecule has 6 heteroatoms. The zero-order valence-electron chi connectivity index (χ0n) is 11.5. The van der Waals surface area contributed by atoms with Crippen LogP contribution in [0.4, 0.5) is 5.69 Å². The Morgan fingerprint density at radius 2 is 2.47 bits per heavy atom. The van der Waals surface area contributed by atoms with Crippen LogP contribution >= 0.6 is 0 Å². The van der Waals surface area contributed by atoms with E-state index in [9.17, 15) is 9.90 Å². The fraction of sp³-hybridized carbons (Fsp3) is 0.692. The number of ether oxygens (including phenoxy) is 1. The number of aliphatic hydroxyl groups is 1. The average Bonchev–Trinajstić information content (AvgIpc) is 2.94. The van der Waals surface area contributed by atoms with Crippen molar-refractivity contribution in [3.8, 4) is 0 Å². The second-order valence-electron chi connectivity index (χ2n) is 4.94. The van der Waals surface area contributed by atoms with Crippen molar-refractivity contribution in [1.82, 2.24) is 9.78 Å². The van der Waals surface area contributed by atoms with Crippen LogP contribution in [0.1, 0.15) is 13.3 Å². The Bertz CT molecular complexity index is 468. The summed E-state index contributed by atoms with van der Waals surface area (Å²) in [5, 5.41) is 14.2. The first-order chi connectivity index (χ1) is 9.11. The number of anilines is 1. The van der Waals surface area contributed by atoms with E-state index in [1.165, 1.54) is 4.68 Å². The maximum absolute atomic E-state index is 11.9. The molecule has 106 valence electrons. The standard InChI is InChI=1S/C13H21N3O3/c1-3-15(2)11-6-13(18)16(14-7-11)8-12(17)10-4-5-19-9-10/h6-7,10,12,17H,3-5,8-9H2,1-2H3. The minimum absolute atomic E-state index is 0.103. The lowest BCUT2D eigenvalue weighted by Gasteiger charge is -2.19. The Labute approximate surface area is 112 Å². The molecule has 1 aliphatic heterocycles. The smallest absolute Gasteiger partial charge is 0.268 e. The van der Waals surface area contributed by atoms with Gasteiger partial charge in [0.05, 0.1) is 31.1 Å². The minimum Gasteiger partial charge on any atom is -0.391 e. The Balaban J connectivity index is 2.06. The number of aromatic nitrogens is 2. The molecule has 0 aromatic carbocycles. The van der Waals surface area contributed by atoms with Gasteiger partial charge in [-0.3, -0.25) is 4.79 Å². The first kappa shape index (κ1) is 14.0. The highest BCUT2D eigenvalue weighted by atomic mass is 16.5. The molecule has 2 atom stereocenters. The van der Waals surface area contributed by atoms with Crippen molar-refractivity contribution in [2.45, 2.75) is 26.0 Å². The third kappa shape index (κ3) is 3.33.